The lowest BCUT2D eigenvalue weighted by atomic mass is 9.85. The summed E-state index contributed by atoms with van der Waals surface area (Å²) < 4.78 is 0. The fourth-order valence-electron chi connectivity index (χ4n) is 3.12. The number of aryl methyl sites for hydroxylation is 1. The molecule has 1 N–H and O–H groups in total. The highest BCUT2D eigenvalue weighted by Gasteiger charge is 2.32. The topological polar surface area (TPSA) is 40.5 Å². The van der Waals surface area contributed by atoms with E-state index in [9.17, 15) is 4.79 Å². The van der Waals surface area contributed by atoms with E-state index in [2.05, 4.69) is 75.1 Å². The summed E-state index contributed by atoms with van der Waals surface area (Å²) in [7, 11) is 0. The number of benzene rings is 2. The predicted octanol–water partition coefficient (Wildman–Crippen LogP) is 4.48. The summed E-state index contributed by atoms with van der Waals surface area (Å²) in [5.74, 6) is -0.935. The quantitative estimate of drug-likeness (QED) is 0.905. The van der Waals surface area contributed by atoms with Crippen LogP contribution in [0.15, 0.2) is 42.5 Å². The van der Waals surface area contributed by atoms with E-state index < -0.39 is 5.97 Å². The molecule has 1 aliphatic rings. The van der Waals surface area contributed by atoms with E-state index in [1.54, 1.807) is 0 Å². The number of rotatable bonds is 3. The van der Waals surface area contributed by atoms with Crippen LogP contribution >= 0.6 is 0 Å². The average molecular weight is 323 g/mol. The van der Waals surface area contributed by atoms with Crippen molar-refractivity contribution in [2.45, 2.75) is 33.1 Å². The first-order chi connectivity index (χ1) is 11.2. The van der Waals surface area contributed by atoms with Crippen molar-refractivity contribution in [3.05, 3.63) is 53.6 Å². The highest BCUT2D eigenvalue weighted by Crippen LogP contribution is 2.32. The van der Waals surface area contributed by atoms with Crippen LogP contribution in [0, 0.1) is 12.8 Å². The maximum Gasteiger partial charge on any atom is 0.310 e. The average Bonchev–Trinajstić information content (AvgIpc) is 2.44. The van der Waals surface area contributed by atoms with Crippen molar-refractivity contribution in [1.29, 1.82) is 0 Å². The van der Waals surface area contributed by atoms with Gasteiger partial charge in [0.2, 0.25) is 0 Å². The first kappa shape index (κ1) is 16.6. The predicted molar refractivity (Wildman–Crippen MR) is 98.7 cm³/mol. The number of carboxylic acids is 1. The van der Waals surface area contributed by atoms with Crippen LogP contribution in [0.2, 0.25) is 0 Å². The second-order valence-corrected chi connectivity index (χ2v) is 7.83. The van der Waals surface area contributed by atoms with E-state index in [4.69, 9.17) is 5.11 Å². The van der Waals surface area contributed by atoms with Crippen LogP contribution in [0.4, 0.5) is 5.69 Å². The molecule has 0 radical (unpaired) electrons. The van der Waals surface area contributed by atoms with Crippen LogP contribution in [-0.2, 0) is 10.2 Å². The van der Waals surface area contributed by atoms with Crippen LogP contribution in [0.3, 0.4) is 0 Å². The minimum Gasteiger partial charge on any atom is -0.481 e. The normalized spacial score (nSPS) is 15.2. The summed E-state index contributed by atoms with van der Waals surface area (Å²) in [5.41, 5.74) is 6.15. The molecule has 3 heteroatoms. The first-order valence-electron chi connectivity index (χ1n) is 8.44. The molecule has 1 saturated heterocycles. The molecular weight excluding hydrogens is 298 g/mol. The molecule has 3 rings (SSSR count). The first-order valence-corrected chi connectivity index (χ1v) is 8.44. The van der Waals surface area contributed by atoms with Gasteiger partial charge in [0.05, 0.1) is 5.92 Å². The standard InChI is InChI=1S/C21H25NO2/c1-14-8-16(15-6-5-7-18(10-15)21(2,3)4)11-19(9-14)22-12-17(13-22)20(23)24/h5-11,17H,12-13H2,1-4H3,(H,23,24). The molecule has 126 valence electrons. The molecule has 0 bridgehead atoms. The Balaban J connectivity index is 1.91. The van der Waals surface area contributed by atoms with Crippen LogP contribution in [0.5, 0.6) is 0 Å². The van der Waals surface area contributed by atoms with Crippen LogP contribution in [0.1, 0.15) is 31.9 Å². The summed E-state index contributed by atoms with van der Waals surface area (Å²) in [4.78, 5) is 13.2. The van der Waals surface area contributed by atoms with Gasteiger partial charge in [0.25, 0.3) is 0 Å². The molecular formula is C21H25NO2. The molecule has 24 heavy (non-hydrogen) atoms. The lowest BCUT2D eigenvalue weighted by Gasteiger charge is -2.39. The number of anilines is 1. The number of carboxylic acid groups (broad SMARTS) is 1. The Kier molecular flexibility index (Phi) is 4.12. The van der Waals surface area contributed by atoms with Gasteiger partial charge in [-0.3, -0.25) is 4.79 Å². The fourth-order valence-corrected chi connectivity index (χ4v) is 3.12. The van der Waals surface area contributed by atoms with Crippen molar-refractivity contribution in [3.63, 3.8) is 0 Å². The van der Waals surface area contributed by atoms with Gasteiger partial charge in [-0.15, -0.1) is 0 Å². The van der Waals surface area contributed by atoms with Crippen LogP contribution in [-0.4, -0.2) is 24.2 Å². The SMILES string of the molecule is Cc1cc(-c2cccc(C(C)(C)C)c2)cc(N2CC(C(=O)O)C2)c1. The second kappa shape index (κ2) is 5.97. The number of nitrogens with zero attached hydrogens (tertiary/aromatic N) is 1. The zero-order valence-electron chi connectivity index (χ0n) is 14.8. The van der Waals surface area contributed by atoms with Gasteiger partial charge in [-0.2, -0.15) is 0 Å². The molecule has 1 fully saturated rings. The minimum atomic E-state index is -0.697. The molecule has 0 atom stereocenters. The number of hydrogen-bond donors (Lipinski definition) is 1. The maximum absolute atomic E-state index is 11.0. The Morgan fingerprint density at radius 2 is 1.79 bits per heavy atom. The Hall–Kier alpha value is -2.29. The Morgan fingerprint density at radius 1 is 1.08 bits per heavy atom. The van der Waals surface area contributed by atoms with Crippen LogP contribution in [0.25, 0.3) is 11.1 Å². The van der Waals surface area contributed by atoms with E-state index >= 15 is 0 Å². The molecule has 0 unspecified atom stereocenters. The summed E-state index contributed by atoms with van der Waals surface area (Å²) in [6, 6.07) is 15.2. The minimum absolute atomic E-state index is 0.120. The monoisotopic (exact) mass is 323 g/mol. The van der Waals surface area contributed by atoms with E-state index in [0.29, 0.717) is 13.1 Å². The molecule has 0 aromatic heterocycles. The van der Waals surface area contributed by atoms with Gasteiger partial charge in [-0.25, -0.2) is 0 Å². The van der Waals surface area contributed by atoms with Crippen molar-refractivity contribution in [2.75, 3.05) is 18.0 Å². The second-order valence-electron chi connectivity index (χ2n) is 7.83. The molecule has 0 amide bonds. The molecule has 1 heterocycles. The lowest BCUT2D eigenvalue weighted by molar-refractivity contribution is -0.142. The van der Waals surface area contributed by atoms with Gasteiger partial charge < -0.3 is 10.0 Å². The molecule has 0 saturated carbocycles. The third-order valence-corrected chi connectivity index (χ3v) is 4.72. The van der Waals surface area contributed by atoms with Crippen LogP contribution < -0.4 is 4.90 Å². The third-order valence-electron chi connectivity index (χ3n) is 4.72. The molecule has 0 spiro atoms. The Labute approximate surface area is 143 Å². The van der Waals surface area contributed by atoms with Crippen molar-refractivity contribution in [1.82, 2.24) is 0 Å². The molecule has 2 aromatic rings. The fraction of sp³-hybridized carbons (Fsp3) is 0.381. The Morgan fingerprint density at radius 3 is 2.42 bits per heavy atom. The van der Waals surface area contributed by atoms with Crippen molar-refractivity contribution >= 4 is 11.7 Å². The maximum atomic E-state index is 11.0. The van der Waals surface area contributed by atoms with Gasteiger partial charge in [0, 0.05) is 18.8 Å². The largest absolute Gasteiger partial charge is 0.481 e. The summed E-state index contributed by atoms with van der Waals surface area (Å²) in [6.07, 6.45) is 0. The summed E-state index contributed by atoms with van der Waals surface area (Å²) in [5, 5.41) is 9.07. The number of hydrogen-bond acceptors (Lipinski definition) is 2. The van der Waals surface area contributed by atoms with Gasteiger partial charge in [0.15, 0.2) is 0 Å². The van der Waals surface area contributed by atoms with Crippen molar-refractivity contribution < 1.29 is 9.90 Å². The lowest BCUT2D eigenvalue weighted by Crippen LogP contribution is -2.50. The van der Waals surface area contributed by atoms with Gasteiger partial charge in [-0.1, -0.05) is 51.1 Å². The zero-order chi connectivity index (χ0) is 17.5. The van der Waals surface area contributed by atoms with E-state index in [-0.39, 0.29) is 11.3 Å². The highest BCUT2D eigenvalue weighted by atomic mass is 16.4. The summed E-state index contributed by atoms with van der Waals surface area (Å²) in [6.45, 7) is 9.95. The molecule has 3 nitrogen and oxygen atoms in total. The van der Waals surface area contributed by atoms with E-state index in [1.807, 2.05) is 0 Å². The van der Waals surface area contributed by atoms with Gasteiger partial charge in [0.1, 0.15) is 0 Å². The van der Waals surface area contributed by atoms with Gasteiger partial charge >= 0.3 is 5.97 Å². The number of aliphatic carboxylic acids is 1. The molecule has 2 aromatic carbocycles. The molecule has 0 aliphatic carbocycles. The van der Waals surface area contributed by atoms with Crippen molar-refractivity contribution in [3.8, 4) is 11.1 Å². The third kappa shape index (κ3) is 3.30. The smallest absolute Gasteiger partial charge is 0.310 e. The van der Waals surface area contributed by atoms with Gasteiger partial charge in [-0.05, 0) is 46.7 Å². The van der Waals surface area contributed by atoms with E-state index in [1.165, 1.54) is 22.3 Å². The molecule has 1 aliphatic heterocycles. The Bertz CT molecular complexity index is 768. The van der Waals surface area contributed by atoms with Crippen molar-refractivity contribution in [2.24, 2.45) is 5.92 Å². The highest BCUT2D eigenvalue weighted by molar-refractivity contribution is 5.76. The summed E-state index contributed by atoms with van der Waals surface area (Å²) >= 11 is 0. The zero-order valence-corrected chi connectivity index (χ0v) is 14.8. The number of carbonyl (C=O) groups is 1. The van der Waals surface area contributed by atoms with E-state index in [0.717, 1.165) is 5.69 Å².